The predicted octanol–water partition coefficient (Wildman–Crippen LogP) is 14.4. The quantitative estimate of drug-likeness (QED) is 0.127. The van der Waals surface area contributed by atoms with E-state index in [0.29, 0.717) is 0 Å². The summed E-state index contributed by atoms with van der Waals surface area (Å²) in [4.78, 5) is 0. The number of hydrogen-bond acceptors (Lipinski definition) is 2. The minimum atomic E-state index is -2.18. The summed E-state index contributed by atoms with van der Waals surface area (Å²) in [6.45, 7) is 19.4. The molecule has 2 aliphatic heterocycles. The highest BCUT2D eigenvalue weighted by Crippen LogP contribution is 2.56. The Morgan fingerprint density at radius 2 is 0.879 bits per heavy atom. The Hall–Kier alpha value is -6.73. The van der Waals surface area contributed by atoms with Crippen LogP contribution in [0.5, 0.6) is 23.0 Å². The minimum absolute atomic E-state index is 0.0948. The Kier molecular flexibility index (Phi) is 7.34. The average Bonchev–Trinajstić information content (AvgIpc) is 3.70. The zero-order valence-electron chi connectivity index (χ0n) is 38.8. The third-order valence-corrected chi connectivity index (χ3v) is 23.8. The van der Waals surface area contributed by atoms with E-state index in [1.807, 2.05) is 0 Å². The molecule has 0 atom stereocenters. The molecule has 4 heteroatoms. The molecule has 0 bridgehead atoms. The van der Waals surface area contributed by atoms with Gasteiger partial charge in [-0.3, -0.25) is 0 Å². The van der Waals surface area contributed by atoms with E-state index in [0.717, 1.165) is 23.0 Å². The summed E-state index contributed by atoms with van der Waals surface area (Å²) < 4.78 is 14.3. The number of ether oxygens (including phenoxy) is 2. The highest BCUT2D eigenvalue weighted by molar-refractivity contribution is 7.02. The van der Waals surface area contributed by atoms with Gasteiger partial charge in [0.05, 0.1) is 0 Å². The van der Waals surface area contributed by atoms with Crippen LogP contribution in [0.3, 0.4) is 0 Å². The van der Waals surface area contributed by atoms with Gasteiger partial charge in [0.1, 0.15) is 39.1 Å². The van der Waals surface area contributed by atoms with Crippen LogP contribution >= 0.6 is 0 Å². The van der Waals surface area contributed by atoms with Gasteiger partial charge in [-0.15, -0.1) is 0 Å². The van der Waals surface area contributed by atoms with Crippen LogP contribution in [-0.2, 0) is 10.8 Å². The SMILES string of the molecule is CC1(C)c2cc(-c3ccc4ccc5c(-c6cccc7c6Oc6c(ccc8c6-c6ccccc6C8(C)C)[Si]7(C)C)ccc6ccc3c4c65)ccc2-c2c1ccc1c2Oc2ccccc2[Si]1(C)C. The summed E-state index contributed by atoms with van der Waals surface area (Å²) in [7, 11) is -4.15. The van der Waals surface area contributed by atoms with Crippen LogP contribution in [0, 0.1) is 0 Å². The van der Waals surface area contributed by atoms with Gasteiger partial charge in [0.25, 0.3) is 0 Å². The molecular formula is C62H50O2Si2. The van der Waals surface area contributed by atoms with Crippen LogP contribution in [-0.4, -0.2) is 16.1 Å². The maximum Gasteiger partial charge on any atom is 0.135 e. The maximum atomic E-state index is 7.42. The van der Waals surface area contributed by atoms with Gasteiger partial charge in [0.2, 0.25) is 0 Å². The second-order valence-electron chi connectivity index (χ2n) is 21.6. The van der Waals surface area contributed by atoms with Gasteiger partial charge in [-0.2, -0.15) is 0 Å². The van der Waals surface area contributed by atoms with Crippen LogP contribution < -0.4 is 30.2 Å². The molecule has 0 spiro atoms. The molecule has 14 rings (SSSR count). The van der Waals surface area contributed by atoms with E-state index in [2.05, 4.69) is 212 Å². The maximum absolute atomic E-state index is 7.42. The van der Waals surface area contributed by atoms with Crippen molar-refractivity contribution >= 4 is 69.2 Å². The van der Waals surface area contributed by atoms with Crippen LogP contribution in [0.1, 0.15) is 49.9 Å². The first-order valence-corrected chi connectivity index (χ1v) is 29.7. The molecule has 0 saturated carbocycles. The van der Waals surface area contributed by atoms with Crippen molar-refractivity contribution in [3.63, 3.8) is 0 Å². The number of benzene rings is 10. The minimum Gasteiger partial charge on any atom is -0.457 e. The van der Waals surface area contributed by atoms with E-state index in [1.165, 1.54) is 120 Å². The fraction of sp³-hybridized carbons (Fsp3) is 0.161. The van der Waals surface area contributed by atoms with Crippen molar-refractivity contribution in [3.8, 4) is 67.5 Å². The first-order chi connectivity index (χ1) is 31.8. The molecule has 2 nitrogen and oxygen atoms in total. The lowest BCUT2D eigenvalue weighted by atomic mass is 9.81. The van der Waals surface area contributed by atoms with Crippen LogP contribution in [0.4, 0.5) is 0 Å². The van der Waals surface area contributed by atoms with Gasteiger partial charge < -0.3 is 9.47 Å². The van der Waals surface area contributed by atoms with Crippen LogP contribution in [0.2, 0.25) is 26.2 Å². The number of fused-ring (bicyclic) bond motifs is 12. The zero-order chi connectivity index (χ0) is 44.8. The normalized spacial score (nSPS) is 16.9. The molecule has 4 aliphatic rings. The molecule has 318 valence electrons. The average molecular weight is 883 g/mol. The van der Waals surface area contributed by atoms with E-state index >= 15 is 0 Å². The molecule has 2 heterocycles. The number of para-hydroxylation sites is 2. The van der Waals surface area contributed by atoms with Gasteiger partial charge in [0.15, 0.2) is 0 Å². The Balaban J connectivity index is 0.922. The lowest BCUT2D eigenvalue weighted by molar-refractivity contribution is 0.487. The lowest BCUT2D eigenvalue weighted by Gasteiger charge is -2.36. The number of rotatable bonds is 2. The van der Waals surface area contributed by atoms with Crippen LogP contribution in [0.25, 0.3) is 76.8 Å². The summed E-state index contributed by atoms with van der Waals surface area (Å²) in [6.07, 6.45) is 0. The summed E-state index contributed by atoms with van der Waals surface area (Å²) >= 11 is 0. The summed E-state index contributed by atoms with van der Waals surface area (Å²) in [6, 6.07) is 60.0. The van der Waals surface area contributed by atoms with Crippen LogP contribution in [0.15, 0.2) is 158 Å². The van der Waals surface area contributed by atoms with Gasteiger partial charge in [-0.1, -0.05) is 199 Å². The number of hydrogen-bond donors (Lipinski definition) is 0. The van der Waals surface area contributed by atoms with Gasteiger partial charge in [0, 0.05) is 27.5 Å². The second kappa shape index (κ2) is 12.6. The largest absolute Gasteiger partial charge is 0.457 e. The van der Waals surface area contributed by atoms with Gasteiger partial charge in [-0.05, 0) is 115 Å². The Morgan fingerprint density at radius 3 is 1.61 bits per heavy atom. The van der Waals surface area contributed by atoms with Crippen molar-refractivity contribution in [1.29, 1.82) is 0 Å². The van der Waals surface area contributed by atoms with E-state index in [4.69, 9.17) is 9.47 Å². The van der Waals surface area contributed by atoms with E-state index in [1.54, 1.807) is 0 Å². The van der Waals surface area contributed by atoms with Crippen molar-refractivity contribution in [2.75, 3.05) is 0 Å². The first kappa shape index (κ1) is 38.5. The van der Waals surface area contributed by atoms with Crippen molar-refractivity contribution < 1.29 is 9.47 Å². The van der Waals surface area contributed by atoms with Gasteiger partial charge in [-0.25, -0.2) is 0 Å². The highest BCUT2D eigenvalue weighted by Gasteiger charge is 2.46. The van der Waals surface area contributed by atoms with Crippen molar-refractivity contribution in [2.24, 2.45) is 0 Å². The topological polar surface area (TPSA) is 18.5 Å². The molecule has 0 N–H and O–H groups in total. The fourth-order valence-electron chi connectivity index (χ4n) is 13.1. The third-order valence-electron chi connectivity index (χ3n) is 16.8. The fourth-order valence-corrected chi connectivity index (χ4v) is 18.7. The molecule has 0 saturated heterocycles. The molecule has 10 aromatic carbocycles. The Morgan fingerprint density at radius 1 is 0.364 bits per heavy atom. The highest BCUT2D eigenvalue weighted by atomic mass is 28.3. The Labute approximate surface area is 388 Å². The zero-order valence-corrected chi connectivity index (χ0v) is 40.8. The lowest BCUT2D eigenvalue weighted by Crippen LogP contribution is -2.56. The Bertz CT molecular complexity index is 3830. The molecule has 2 aliphatic carbocycles. The van der Waals surface area contributed by atoms with Crippen molar-refractivity contribution in [2.45, 2.75) is 64.7 Å². The molecule has 0 aromatic heterocycles. The summed E-state index contributed by atoms with van der Waals surface area (Å²) in [5.41, 5.74) is 15.2. The monoisotopic (exact) mass is 882 g/mol. The van der Waals surface area contributed by atoms with E-state index < -0.39 is 16.1 Å². The summed E-state index contributed by atoms with van der Waals surface area (Å²) in [5, 5.41) is 13.2. The first-order valence-electron chi connectivity index (χ1n) is 23.7. The third kappa shape index (κ3) is 4.71. The predicted molar refractivity (Wildman–Crippen MR) is 283 cm³/mol. The molecule has 10 aromatic rings. The van der Waals surface area contributed by atoms with Crippen molar-refractivity contribution in [3.05, 3.63) is 180 Å². The standard InChI is InChI=1S/C62H50O2Si2/c1-61(2)45-16-10-9-14-43(45)56-46(61)30-33-53-60(56)64-58-42(15-13-19-51(58)66(53,7)8)39-26-21-36-22-27-40-38(25-20-35-23-28-41(39)55(36)54(35)40)37-24-29-44-48(34-37)62(3,4)47-31-32-52-59(57(44)47)63-49-17-11-12-18-50(49)65(52,5)6/h9-34H,1-8H3. The molecule has 0 unspecified atom stereocenters. The van der Waals surface area contributed by atoms with E-state index in [-0.39, 0.29) is 10.8 Å². The molecular weight excluding hydrogens is 833 g/mol. The van der Waals surface area contributed by atoms with Crippen molar-refractivity contribution in [1.82, 2.24) is 0 Å². The second-order valence-corrected chi connectivity index (χ2v) is 30.2. The smallest absolute Gasteiger partial charge is 0.135 e. The molecule has 0 amide bonds. The molecule has 0 fully saturated rings. The molecule has 66 heavy (non-hydrogen) atoms. The van der Waals surface area contributed by atoms with Gasteiger partial charge >= 0.3 is 0 Å². The summed E-state index contributed by atoms with van der Waals surface area (Å²) in [5.74, 6) is 4.17. The molecule has 0 radical (unpaired) electrons. The van der Waals surface area contributed by atoms with E-state index in [9.17, 15) is 0 Å².